The number of nitrogens with one attached hydrogen (secondary N) is 1. The van der Waals surface area contributed by atoms with E-state index in [9.17, 15) is 4.79 Å². The van der Waals surface area contributed by atoms with Crippen LogP contribution in [0.1, 0.15) is 22.2 Å². The summed E-state index contributed by atoms with van der Waals surface area (Å²) in [6.07, 6.45) is 0. The summed E-state index contributed by atoms with van der Waals surface area (Å²) >= 11 is 4.93. The van der Waals surface area contributed by atoms with E-state index >= 15 is 0 Å². The van der Waals surface area contributed by atoms with Crippen LogP contribution in [0, 0.1) is 0 Å². The van der Waals surface area contributed by atoms with E-state index in [1.54, 1.807) is 17.4 Å². The van der Waals surface area contributed by atoms with E-state index in [1.165, 1.54) is 0 Å². The van der Waals surface area contributed by atoms with Crippen molar-refractivity contribution < 1.29 is 4.79 Å². The van der Waals surface area contributed by atoms with Gasteiger partial charge in [-0.25, -0.2) is 5.43 Å². The summed E-state index contributed by atoms with van der Waals surface area (Å²) < 4.78 is 0.756. The number of benzene rings is 1. The molecule has 0 spiro atoms. The van der Waals surface area contributed by atoms with Crippen LogP contribution in [0.5, 0.6) is 0 Å². The fraction of sp³-hybridized carbons (Fsp3) is 0.0769. The van der Waals surface area contributed by atoms with Crippen molar-refractivity contribution in [1.82, 2.24) is 5.43 Å². The number of halogens is 1. The molecule has 0 saturated carbocycles. The first-order chi connectivity index (χ1) is 8.68. The molecule has 0 saturated heterocycles. The van der Waals surface area contributed by atoms with E-state index in [0.29, 0.717) is 5.56 Å². The number of amides is 1. The maximum Gasteiger partial charge on any atom is 0.272 e. The predicted molar refractivity (Wildman–Crippen MR) is 78.1 cm³/mol. The molecule has 1 N–H and O–H groups in total. The second-order valence-electron chi connectivity index (χ2n) is 3.60. The molecule has 1 aromatic carbocycles. The molecule has 0 radical (unpaired) electrons. The van der Waals surface area contributed by atoms with Gasteiger partial charge in [0.25, 0.3) is 5.91 Å². The molecular weight excluding hydrogens is 312 g/mol. The third-order valence-electron chi connectivity index (χ3n) is 2.32. The maximum atomic E-state index is 11.9. The highest BCUT2D eigenvalue weighted by molar-refractivity contribution is 9.10. The number of thiophene rings is 1. The van der Waals surface area contributed by atoms with Crippen molar-refractivity contribution in [3.05, 3.63) is 56.7 Å². The highest BCUT2D eigenvalue weighted by Crippen LogP contribution is 2.15. The van der Waals surface area contributed by atoms with Crippen LogP contribution in [0.4, 0.5) is 0 Å². The van der Waals surface area contributed by atoms with Crippen molar-refractivity contribution in [2.75, 3.05) is 0 Å². The van der Waals surface area contributed by atoms with Gasteiger partial charge in [0.2, 0.25) is 0 Å². The SMILES string of the molecule is CC(=NNC(=O)c1ccccc1Br)c1cccs1. The van der Waals surface area contributed by atoms with E-state index in [1.807, 2.05) is 42.6 Å². The first-order valence-corrected chi connectivity index (χ1v) is 6.99. The predicted octanol–water partition coefficient (Wildman–Crippen LogP) is 3.66. The van der Waals surface area contributed by atoms with Crippen molar-refractivity contribution in [1.29, 1.82) is 0 Å². The number of carbonyl (C=O) groups excluding carboxylic acids is 1. The van der Waals surface area contributed by atoms with Crippen LogP contribution in [0.3, 0.4) is 0 Å². The molecule has 1 heterocycles. The van der Waals surface area contributed by atoms with Crippen LogP contribution in [-0.2, 0) is 0 Å². The highest BCUT2D eigenvalue weighted by atomic mass is 79.9. The monoisotopic (exact) mass is 322 g/mol. The molecule has 5 heteroatoms. The van der Waals surface area contributed by atoms with Crippen molar-refractivity contribution in [2.24, 2.45) is 5.10 Å². The third-order valence-corrected chi connectivity index (χ3v) is 3.99. The summed E-state index contributed by atoms with van der Waals surface area (Å²) in [6, 6.07) is 11.2. The maximum absolute atomic E-state index is 11.9. The lowest BCUT2D eigenvalue weighted by molar-refractivity contribution is 0.0954. The number of hydrogen-bond donors (Lipinski definition) is 1. The van der Waals surface area contributed by atoms with Gasteiger partial charge in [0.1, 0.15) is 0 Å². The molecule has 0 unspecified atom stereocenters. The Hall–Kier alpha value is -1.46. The van der Waals surface area contributed by atoms with Gasteiger partial charge in [0, 0.05) is 9.35 Å². The summed E-state index contributed by atoms with van der Waals surface area (Å²) in [5.41, 5.74) is 3.92. The highest BCUT2D eigenvalue weighted by Gasteiger charge is 2.08. The fourth-order valence-corrected chi connectivity index (χ4v) is 2.52. The van der Waals surface area contributed by atoms with Gasteiger partial charge < -0.3 is 0 Å². The Morgan fingerprint density at radius 2 is 2.06 bits per heavy atom. The van der Waals surface area contributed by atoms with Crippen LogP contribution in [-0.4, -0.2) is 11.6 Å². The van der Waals surface area contributed by atoms with Gasteiger partial charge in [-0.1, -0.05) is 18.2 Å². The Morgan fingerprint density at radius 3 is 2.72 bits per heavy atom. The van der Waals surface area contributed by atoms with E-state index in [0.717, 1.165) is 15.1 Å². The molecule has 2 aromatic rings. The molecule has 0 aliphatic rings. The largest absolute Gasteiger partial charge is 0.272 e. The van der Waals surface area contributed by atoms with Gasteiger partial charge in [0.05, 0.1) is 11.3 Å². The lowest BCUT2D eigenvalue weighted by atomic mass is 10.2. The Labute approximate surface area is 118 Å². The van der Waals surface area contributed by atoms with E-state index in [4.69, 9.17) is 0 Å². The molecule has 1 aromatic heterocycles. The molecule has 2 rings (SSSR count). The van der Waals surface area contributed by atoms with Crippen LogP contribution in [0.2, 0.25) is 0 Å². The van der Waals surface area contributed by atoms with Crippen LogP contribution >= 0.6 is 27.3 Å². The molecule has 0 aliphatic heterocycles. The smallest absolute Gasteiger partial charge is 0.267 e. The summed E-state index contributed by atoms with van der Waals surface area (Å²) in [6.45, 7) is 1.87. The molecule has 0 bridgehead atoms. The van der Waals surface area contributed by atoms with Gasteiger partial charge in [-0.05, 0) is 46.4 Å². The van der Waals surface area contributed by atoms with Gasteiger partial charge in [-0.15, -0.1) is 11.3 Å². The van der Waals surface area contributed by atoms with Gasteiger partial charge in [0.15, 0.2) is 0 Å². The number of carbonyl (C=O) groups is 1. The Morgan fingerprint density at radius 1 is 1.28 bits per heavy atom. The quantitative estimate of drug-likeness (QED) is 0.680. The molecule has 3 nitrogen and oxygen atoms in total. The minimum Gasteiger partial charge on any atom is -0.267 e. The third kappa shape index (κ3) is 3.05. The zero-order chi connectivity index (χ0) is 13.0. The van der Waals surface area contributed by atoms with Crippen molar-refractivity contribution >= 4 is 38.9 Å². The summed E-state index contributed by atoms with van der Waals surface area (Å²) in [7, 11) is 0. The number of nitrogens with zero attached hydrogens (tertiary/aromatic N) is 1. The molecule has 1 amide bonds. The molecule has 92 valence electrons. The van der Waals surface area contributed by atoms with Crippen LogP contribution < -0.4 is 5.43 Å². The van der Waals surface area contributed by atoms with Crippen LogP contribution in [0.15, 0.2) is 51.4 Å². The minimum atomic E-state index is -0.224. The fourth-order valence-electron chi connectivity index (χ4n) is 1.38. The zero-order valence-electron chi connectivity index (χ0n) is 9.68. The lowest BCUT2D eigenvalue weighted by Crippen LogP contribution is -2.19. The minimum absolute atomic E-state index is 0.224. The Kier molecular flexibility index (Phi) is 4.28. The van der Waals surface area contributed by atoms with Crippen molar-refractivity contribution in [3.8, 4) is 0 Å². The van der Waals surface area contributed by atoms with Crippen molar-refractivity contribution in [2.45, 2.75) is 6.92 Å². The first-order valence-electron chi connectivity index (χ1n) is 5.31. The molecule has 18 heavy (non-hydrogen) atoms. The first kappa shape index (κ1) is 13.0. The number of hydrogen-bond acceptors (Lipinski definition) is 3. The van der Waals surface area contributed by atoms with Crippen LogP contribution in [0.25, 0.3) is 0 Å². The van der Waals surface area contributed by atoms with Gasteiger partial charge in [-0.3, -0.25) is 4.79 Å². The molecular formula is C13H11BrN2OS. The normalized spacial score (nSPS) is 11.3. The molecule has 0 atom stereocenters. The summed E-state index contributed by atoms with van der Waals surface area (Å²) in [5, 5.41) is 6.07. The second kappa shape index (κ2) is 5.93. The summed E-state index contributed by atoms with van der Waals surface area (Å²) in [4.78, 5) is 12.9. The number of rotatable bonds is 3. The standard InChI is InChI=1S/C13H11BrN2OS/c1-9(12-7-4-8-18-12)15-16-13(17)10-5-2-3-6-11(10)14/h2-8H,1H3,(H,16,17). The Balaban J connectivity index is 2.09. The zero-order valence-corrected chi connectivity index (χ0v) is 12.1. The average Bonchev–Trinajstić information content (AvgIpc) is 2.90. The number of hydrazone groups is 1. The lowest BCUT2D eigenvalue weighted by Gasteiger charge is -2.03. The Bertz CT molecular complexity index is 578. The molecule has 0 fully saturated rings. The van der Waals surface area contributed by atoms with E-state index < -0.39 is 0 Å². The molecule has 0 aliphatic carbocycles. The van der Waals surface area contributed by atoms with E-state index in [-0.39, 0.29) is 5.91 Å². The topological polar surface area (TPSA) is 41.5 Å². The summed E-state index contributed by atoms with van der Waals surface area (Å²) in [5.74, 6) is -0.224. The van der Waals surface area contributed by atoms with Crippen molar-refractivity contribution in [3.63, 3.8) is 0 Å². The average molecular weight is 323 g/mol. The van der Waals surface area contributed by atoms with Gasteiger partial charge in [-0.2, -0.15) is 5.10 Å². The second-order valence-corrected chi connectivity index (χ2v) is 5.40. The van der Waals surface area contributed by atoms with E-state index in [2.05, 4.69) is 26.5 Å². The van der Waals surface area contributed by atoms with Gasteiger partial charge >= 0.3 is 0 Å².